The second-order valence-corrected chi connectivity index (χ2v) is 5.81. The number of carbonyl (C=O) groups excluding carboxylic acids is 2. The summed E-state index contributed by atoms with van der Waals surface area (Å²) < 4.78 is 0. The van der Waals surface area contributed by atoms with Crippen molar-refractivity contribution in [3.63, 3.8) is 0 Å². The summed E-state index contributed by atoms with van der Waals surface area (Å²) in [5.41, 5.74) is -1.12. The van der Waals surface area contributed by atoms with Crippen molar-refractivity contribution in [1.29, 1.82) is 0 Å². The molecule has 1 N–H and O–H groups in total. The van der Waals surface area contributed by atoms with E-state index in [9.17, 15) is 9.59 Å². The van der Waals surface area contributed by atoms with Crippen LogP contribution in [0.15, 0.2) is 0 Å². The summed E-state index contributed by atoms with van der Waals surface area (Å²) in [7, 11) is 1.97. The Labute approximate surface area is 95.8 Å². The summed E-state index contributed by atoms with van der Waals surface area (Å²) >= 11 is 0. The van der Waals surface area contributed by atoms with E-state index in [-0.39, 0.29) is 11.9 Å². The van der Waals surface area contributed by atoms with Crippen LogP contribution < -0.4 is 5.32 Å². The lowest BCUT2D eigenvalue weighted by Crippen LogP contribution is -2.51. The molecule has 90 valence electrons. The molecular weight excluding hydrogens is 206 g/mol. The lowest BCUT2D eigenvalue weighted by atomic mass is 9.97. The summed E-state index contributed by atoms with van der Waals surface area (Å²) in [6.07, 6.45) is 0.709. The number of nitrogens with zero attached hydrogens (tertiary/aromatic N) is 2. The van der Waals surface area contributed by atoms with Gasteiger partial charge in [-0.25, -0.2) is 4.79 Å². The van der Waals surface area contributed by atoms with Gasteiger partial charge in [-0.2, -0.15) is 0 Å². The lowest BCUT2D eigenvalue weighted by molar-refractivity contribution is -0.134. The van der Waals surface area contributed by atoms with Gasteiger partial charge in [0.2, 0.25) is 0 Å². The molecule has 0 radical (unpaired) electrons. The highest BCUT2D eigenvalue weighted by Crippen LogP contribution is 2.31. The number of imide groups is 1. The molecule has 2 rings (SSSR count). The maximum Gasteiger partial charge on any atom is 0.325 e. The molecule has 16 heavy (non-hydrogen) atoms. The van der Waals surface area contributed by atoms with Crippen molar-refractivity contribution in [1.82, 2.24) is 15.1 Å². The minimum Gasteiger partial charge on any atom is -0.322 e. The fraction of sp³-hybridized carbons (Fsp3) is 0.818. The zero-order valence-corrected chi connectivity index (χ0v) is 10.3. The van der Waals surface area contributed by atoms with E-state index < -0.39 is 11.1 Å². The molecule has 5 nitrogen and oxygen atoms in total. The molecule has 2 aliphatic rings. The smallest absolute Gasteiger partial charge is 0.322 e. The Morgan fingerprint density at radius 3 is 2.31 bits per heavy atom. The first-order valence-corrected chi connectivity index (χ1v) is 5.62. The predicted molar refractivity (Wildman–Crippen MR) is 60.0 cm³/mol. The monoisotopic (exact) mass is 225 g/mol. The fourth-order valence-electron chi connectivity index (χ4n) is 2.51. The van der Waals surface area contributed by atoms with Crippen LogP contribution in [0.3, 0.4) is 0 Å². The number of hydrogen-bond acceptors (Lipinski definition) is 3. The van der Waals surface area contributed by atoms with Gasteiger partial charge in [-0.1, -0.05) is 0 Å². The third kappa shape index (κ3) is 1.50. The Bertz CT molecular complexity index is 348. The minimum atomic E-state index is -0.668. The second-order valence-electron chi connectivity index (χ2n) is 5.81. The molecule has 3 amide bonds. The van der Waals surface area contributed by atoms with Gasteiger partial charge in [-0.15, -0.1) is 0 Å². The van der Waals surface area contributed by atoms with E-state index in [4.69, 9.17) is 0 Å². The molecule has 1 unspecified atom stereocenters. The van der Waals surface area contributed by atoms with Gasteiger partial charge >= 0.3 is 6.03 Å². The number of amides is 3. The van der Waals surface area contributed by atoms with Crippen LogP contribution in [0.2, 0.25) is 0 Å². The number of likely N-dealkylation sites (tertiary alicyclic amines) is 1. The highest BCUT2D eigenvalue weighted by molar-refractivity contribution is 6.08. The summed E-state index contributed by atoms with van der Waals surface area (Å²) in [6, 6.07) is -0.257. The normalized spacial score (nSPS) is 31.6. The molecule has 0 saturated carbocycles. The van der Waals surface area contributed by atoms with Crippen LogP contribution in [0.5, 0.6) is 0 Å². The van der Waals surface area contributed by atoms with Gasteiger partial charge < -0.3 is 10.2 Å². The topological polar surface area (TPSA) is 52.7 Å². The first kappa shape index (κ1) is 11.4. The van der Waals surface area contributed by atoms with Gasteiger partial charge in [0.25, 0.3) is 5.91 Å². The molecule has 1 spiro atoms. The highest BCUT2D eigenvalue weighted by atomic mass is 16.2. The first-order valence-electron chi connectivity index (χ1n) is 5.62. The van der Waals surface area contributed by atoms with Crippen LogP contribution in [0, 0.1) is 0 Å². The van der Waals surface area contributed by atoms with Crippen molar-refractivity contribution in [2.24, 2.45) is 0 Å². The SMILES string of the molecule is CN1CCC2(C1)NC(=O)N(C(C)(C)C)C2=O. The Morgan fingerprint density at radius 1 is 1.31 bits per heavy atom. The Kier molecular flexibility index (Phi) is 2.28. The number of carbonyl (C=O) groups is 2. The van der Waals surface area contributed by atoms with Crippen LogP contribution >= 0.6 is 0 Å². The molecule has 0 aromatic heterocycles. The molecule has 0 aliphatic carbocycles. The van der Waals surface area contributed by atoms with E-state index in [0.717, 1.165) is 6.54 Å². The molecule has 1 atom stereocenters. The largest absolute Gasteiger partial charge is 0.325 e. The van der Waals surface area contributed by atoms with Crippen molar-refractivity contribution >= 4 is 11.9 Å². The van der Waals surface area contributed by atoms with E-state index in [1.54, 1.807) is 0 Å². The Hall–Kier alpha value is -1.10. The molecule has 2 fully saturated rings. The molecule has 0 aromatic carbocycles. The van der Waals surface area contributed by atoms with E-state index in [1.807, 2.05) is 27.8 Å². The maximum absolute atomic E-state index is 12.3. The van der Waals surface area contributed by atoms with E-state index in [1.165, 1.54) is 4.90 Å². The lowest BCUT2D eigenvalue weighted by Gasteiger charge is -2.30. The van der Waals surface area contributed by atoms with Gasteiger partial charge in [-0.3, -0.25) is 9.69 Å². The third-order valence-electron chi connectivity index (χ3n) is 3.29. The number of hydrogen-bond donors (Lipinski definition) is 1. The summed E-state index contributed by atoms with van der Waals surface area (Å²) in [6.45, 7) is 7.10. The quantitative estimate of drug-likeness (QED) is 0.608. The zero-order valence-electron chi connectivity index (χ0n) is 10.3. The maximum atomic E-state index is 12.3. The second kappa shape index (κ2) is 3.20. The zero-order chi connectivity index (χ0) is 12.1. The molecule has 0 aromatic rings. The molecule has 2 aliphatic heterocycles. The standard InChI is InChI=1S/C11H19N3O2/c1-10(2,3)14-8(15)11(12-9(14)16)5-6-13(4)7-11/h5-7H2,1-4H3,(H,12,16). The molecule has 0 bridgehead atoms. The van der Waals surface area contributed by atoms with Gasteiger partial charge in [0.1, 0.15) is 5.54 Å². The van der Waals surface area contributed by atoms with Crippen LogP contribution in [0.1, 0.15) is 27.2 Å². The number of rotatable bonds is 0. The third-order valence-corrected chi connectivity index (χ3v) is 3.29. The van der Waals surface area contributed by atoms with E-state index in [2.05, 4.69) is 10.2 Å². The van der Waals surface area contributed by atoms with Crippen LogP contribution in [0.25, 0.3) is 0 Å². The van der Waals surface area contributed by atoms with Crippen molar-refractivity contribution in [2.45, 2.75) is 38.3 Å². The minimum absolute atomic E-state index is 0.0747. The molecule has 2 saturated heterocycles. The first-order chi connectivity index (χ1) is 7.26. The highest BCUT2D eigenvalue weighted by Gasteiger charge is 2.56. The van der Waals surface area contributed by atoms with Crippen LogP contribution in [-0.4, -0.2) is 53.0 Å². The van der Waals surface area contributed by atoms with Gasteiger partial charge in [-0.05, 0) is 34.2 Å². The summed E-state index contributed by atoms with van der Waals surface area (Å²) in [4.78, 5) is 27.6. The van der Waals surface area contributed by atoms with Crippen LogP contribution in [0.4, 0.5) is 4.79 Å². The summed E-state index contributed by atoms with van der Waals surface area (Å²) in [5.74, 6) is -0.0747. The average Bonchev–Trinajstić information content (AvgIpc) is 2.55. The number of nitrogens with one attached hydrogen (secondary N) is 1. The predicted octanol–water partition coefficient (Wildman–Crippen LogP) is 0.411. The van der Waals surface area contributed by atoms with Gasteiger partial charge in [0.05, 0.1) is 0 Å². The van der Waals surface area contributed by atoms with Crippen molar-refractivity contribution < 1.29 is 9.59 Å². The van der Waals surface area contributed by atoms with E-state index >= 15 is 0 Å². The van der Waals surface area contributed by atoms with Gasteiger partial charge in [0.15, 0.2) is 0 Å². The van der Waals surface area contributed by atoms with Crippen molar-refractivity contribution in [3.8, 4) is 0 Å². The summed E-state index contributed by atoms with van der Waals surface area (Å²) in [5, 5.41) is 2.86. The molecular formula is C11H19N3O2. The molecule has 2 heterocycles. The number of likely N-dealkylation sites (N-methyl/N-ethyl adjacent to an activating group) is 1. The fourth-order valence-corrected chi connectivity index (χ4v) is 2.51. The Morgan fingerprint density at radius 2 is 1.94 bits per heavy atom. The molecule has 5 heteroatoms. The Balaban J connectivity index is 2.30. The van der Waals surface area contributed by atoms with Crippen molar-refractivity contribution in [3.05, 3.63) is 0 Å². The van der Waals surface area contributed by atoms with Gasteiger partial charge in [0, 0.05) is 18.6 Å². The van der Waals surface area contributed by atoms with Crippen LogP contribution in [-0.2, 0) is 4.79 Å². The number of urea groups is 1. The van der Waals surface area contributed by atoms with Crippen molar-refractivity contribution in [2.75, 3.05) is 20.1 Å². The van der Waals surface area contributed by atoms with E-state index in [0.29, 0.717) is 13.0 Å². The average molecular weight is 225 g/mol.